The Morgan fingerprint density at radius 3 is 2.37 bits per heavy atom. The van der Waals surface area contributed by atoms with Crippen LogP contribution in [0.2, 0.25) is 0 Å². The van der Waals surface area contributed by atoms with Crippen molar-refractivity contribution in [3.8, 4) is 0 Å². The summed E-state index contributed by atoms with van der Waals surface area (Å²) in [6.45, 7) is 0.245. The van der Waals surface area contributed by atoms with Gasteiger partial charge in [0.1, 0.15) is 17.3 Å². The Kier molecular flexibility index (Phi) is 3.70. The largest absolute Gasteiger partial charge is 0.394 e. The van der Waals surface area contributed by atoms with E-state index in [1.165, 1.54) is 0 Å². The molecule has 0 bridgehead atoms. The number of nitrogens with one attached hydrogen (secondary N) is 1. The van der Waals surface area contributed by atoms with Gasteiger partial charge in [-0.3, -0.25) is 9.78 Å². The first-order valence-corrected chi connectivity index (χ1v) is 5.49. The number of aromatic nitrogens is 1. The molecule has 0 aliphatic carbocycles. The Morgan fingerprint density at radius 1 is 1.21 bits per heavy atom. The van der Waals surface area contributed by atoms with Crippen LogP contribution in [0.3, 0.4) is 0 Å². The van der Waals surface area contributed by atoms with E-state index in [1.54, 1.807) is 24.5 Å². The van der Waals surface area contributed by atoms with Crippen molar-refractivity contribution >= 4 is 11.6 Å². The third-order valence-electron chi connectivity index (χ3n) is 2.54. The summed E-state index contributed by atoms with van der Waals surface area (Å²) in [5.74, 6) is -2.47. The number of benzene rings is 1. The number of halogens is 2. The van der Waals surface area contributed by atoms with Gasteiger partial charge in [-0.15, -0.1) is 0 Å². The normalized spacial score (nSPS) is 10.2. The van der Waals surface area contributed by atoms with E-state index in [9.17, 15) is 13.6 Å². The van der Waals surface area contributed by atoms with Crippen molar-refractivity contribution < 1.29 is 13.6 Å². The predicted octanol–water partition coefficient (Wildman–Crippen LogP) is 1.87. The quantitative estimate of drug-likeness (QED) is 0.831. The van der Waals surface area contributed by atoms with E-state index >= 15 is 0 Å². The van der Waals surface area contributed by atoms with E-state index in [0.29, 0.717) is 0 Å². The van der Waals surface area contributed by atoms with Gasteiger partial charge in [-0.2, -0.15) is 0 Å². The summed E-state index contributed by atoms with van der Waals surface area (Å²) >= 11 is 0. The third kappa shape index (κ3) is 3.04. The summed E-state index contributed by atoms with van der Waals surface area (Å²) in [5.41, 5.74) is 5.26. The molecule has 2 rings (SSSR count). The third-order valence-corrected chi connectivity index (χ3v) is 2.54. The monoisotopic (exact) mass is 263 g/mol. The second kappa shape index (κ2) is 5.43. The molecule has 0 radical (unpaired) electrons. The Labute approximate surface area is 108 Å². The number of hydrogen-bond acceptors (Lipinski definition) is 3. The van der Waals surface area contributed by atoms with Gasteiger partial charge in [-0.25, -0.2) is 8.78 Å². The molecule has 98 valence electrons. The van der Waals surface area contributed by atoms with Gasteiger partial charge in [-0.1, -0.05) is 0 Å². The molecule has 1 aromatic carbocycles. The van der Waals surface area contributed by atoms with Gasteiger partial charge < -0.3 is 11.1 Å². The van der Waals surface area contributed by atoms with Crippen LogP contribution in [0.15, 0.2) is 36.7 Å². The minimum atomic E-state index is -0.950. The number of anilines is 1. The summed E-state index contributed by atoms with van der Waals surface area (Å²) < 4.78 is 26.4. The van der Waals surface area contributed by atoms with Crippen molar-refractivity contribution in [2.45, 2.75) is 6.54 Å². The van der Waals surface area contributed by atoms with Crippen molar-refractivity contribution in [1.29, 1.82) is 0 Å². The molecule has 6 heteroatoms. The van der Waals surface area contributed by atoms with E-state index in [1.807, 2.05) is 0 Å². The van der Waals surface area contributed by atoms with Gasteiger partial charge in [0.25, 0.3) is 5.91 Å². The minimum Gasteiger partial charge on any atom is -0.394 e. The summed E-state index contributed by atoms with van der Waals surface area (Å²) in [7, 11) is 0. The molecule has 3 N–H and O–H groups in total. The fourth-order valence-electron chi connectivity index (χ4n) is 1.50. The summed E-state index contributed by atoms with van der Waals surface area (Å²) in [6.07, 6.45) is 3.17. The number of carbonyl (C=O) groups is 1. The number of nitrogen functional groups attached to an aromatic ring is 1. The van der Waals surface area contributed by atoms with Gasteiger partial charge in [0.05, 0.1) is 0 Å². The van der Waals surface area contributed by atoms with Crippen LogP contribution < -0.4 is 11.1 Å². The first kappa shape index (κ1) is 12.9. The number of pyridine rings is 1. The highest BCUT2D eigenvalue weighted by atomic mass is 19.1. The van der Waals surface area contributed by atoms with Gasteiger partial charge in [0.2, 0.25) is 0 Å². The molecule has 0 unspecified atom stereocenters. The van der Waals surface area contributed by atoms with E-state index < -0.39 is 23.2 Å². The fourth-order valence-corrected chi connectivity index (χ4v) is 1.50. The number of nitrogens with two attached hydrogens (primary N) is 1. The van der Waals surface area contributed by atoms with Crippen LogP contribution in [0.25, 0.3) is 0 Å². The molecule has 0 atom stereocenters. The minimum absolute atomic E-state index is 0.113. The lowest BCUT2D eigenvalue weighted by Crippen LogP contribution is -2.23. The number of rotatable bonds is 3. The molecule has 0 saturated heterocycles. The van der Waals surface area contributed by atoms with Crippen LogP contribution in [0.5, 0.6) is 0 Å². The maximum absolute atomic E-state index is 13.2. The van der Waals surface area contributed by atoms with Crippen molar-refractivity contribution in [1.82, 2.24) is 10.3 Å². The first-order chi connectivity index (χ1) is 9.08. The highest BCUT2D eigenvalue weighted by Crippen LogP contribution is 2.17. The van der Waals surface area contributed by atoms with E-state index in [-0.39, 0.29) is 12.1 Å². The van der Waals surface area contributed by atoms with Crippen LogP contribution in [-0.2, 0) is 6.54 Å². The molecule has 2 aromatic rings. The highest BCUT2D eigenvalue weighted by molar-refractivity contribution is 5.94. The van der Waals surface area contributed by atoms with Crippen molar-refractivity contribution in [3.63, 3.8) is 0 Å². The second-order valence-corrected chi connectivity index (χ2v) is 3.89. The number of carbonyl (C=O) groups excluding carboxylic acids is 1. The van der Waals surface area contributed by atoms with Crippen LogP contribution in [0, 0.1) is 11.6 Å². The molecule has 1 amide bonds. The molecule has 0 saturated carbocycles. The zero-order valence-corrected chi connectivity index (χ0v) is 9.86. The van der Waals surface area contributed by atoms with Gasteiger partial charge in [0, 0.05) is 24.5 Å². The fraction of sp³-hybridized carbons (Fsp3) is 0.0769. The molecular weight excluding hydrogens is 252 g/mol. The molecule has 0 spiro atoms. The molecule has 0 aliphatic heterocycles. The molecule has 4 nitrogen and oxygen atoms in total. The van der Waals surface area contributed by atoms with Crippen molar-refractivity contribution in [3.05, 3.63) is 59.4 Å². The van der Waals surface area contributed by atoms with Crippen LogP contribution in [-0.4, -0.2) is 10.9 Å². The lowest BCUT2D eigenvalue weighted by molar-refractivity contribution is 0.0950. The average Bonchev–Trinajstić information content (AvgIpc) is 2.42. The summed E-state index contributed by atoms with van der Waals surface area (Å²) in [4.78, 5) is 15.6. The molecule has 0 aliphatic rings. The molecule has 0 fully saturated rings. The lowest BCUT2D eigenvalue weighted by atomic mass is 10.1. The maximum atomic E-state index is 13.2. The van der Waals surface area contributed by atoms with E-state index in [2.05, 4.69) is 10.3 Å². The molecular formula is C13H11F2N3O. The zero-order valence-electron chi connectivity index (χ0n) is 9.86. The Bertz CT molecular complexity index is 579. The topological polar surface area (TPSA) is 68.0 Å². The Hall–Kier alpha value is -2.50. The number of nitrogens with zero attached hydrogens (tertiary/aromatic N) is 1. The predicted molar refractivity (Wildman–Crippen MR) is 66.2 cm³/mol. The summed E-state index contributed by atoms with van der Waals surface area (Å²) in [5, 5.41) is 2.55. The number of amides is 1. The zero-order chi connectivity index (χ0) is 13.8. The Morgan fingerprint density at radius 2 is 1.79 bits per heavy atom. The first-order valence-electron chi connectivity index (χ1n) is 5.49. The van der Waals surface area contributed by atoms with Gasteiger partial charge in [0.15, 0.2) is 0 Å². The van der Waals surface area contributed by atoms with Crippen LogP contribution in [0.4, 0.5) is 14.5 Å². The van der Waals surface area contributed by atoms with E-state index in [4.69, 9.17) is 5.73 Å². The van der Waals surface area contributed by atoms with Crippen LogP contribution in [0.1, 0.15) is 15.9 Å². The summed E-state index contributed by atoms with van der Waals surface area (Å²) in [6, 6.07) is 5.26. The van der Waals surface area contributed by atoms with Gasteiger partial charge >= 0.3 is 0 Å². The smallest absolute Gasteiger partial charge is 0.251 e. The highest BCUT2D eigenvalue weighted by Gasteiger charge is 2.12. The van der Waals surface area contributed by atoms with Crippen molar-refractivity contribution in [2.24, 2.45) is 0 Å². The van der Waals surface area contributed by atoms with Crippen molar-refractivity contribution in [2.75, 3.05) is 5.73 Å². The molecule has 1 heterocycles. The number of hydrogen-bond donors (Lipinski definition) is 2. The molecule has 19 heavy (non-hydrogen) atoms. The lowest BCUT2D eigenvalue weighted by Gasteiger charge is -2.07. The van der Waals surface area contributed by atoms with E-state index in [0.717, 1.165) is 17.7 Å². The Balaban J connectivity index is 2.08. The average molecular weight is 263 g/mol. The SMILES string of the molecule is Nc1c(F)cc(C(=O)NCc2ccncc2)cc1F. The standard InChI is InChI=1S/C13H11F2N3O/c14-10-5-9(6-11(15)12(10)16)13(19)18-7-8-1-3-17-4-2-8/h1-6H,7,16H2,(H,18,19). The molecule has 1 aromatic heterocycles. The second-order valence-electron chi connectivity index (χ2n) is 3.89. The van der Waals surface area contributed by atoms with Crippen LogP contribution >= 0.6 is 0 Å². The maximum Gasteiger partial charge on any atom is 0.251 e. The van der Waals surface area contributed by atoms with Gasteiger partial charge in [-0.05, 0) is 29.8 Å².